The summed E-state index contributed by atoms with van der Waals surface area (Å²) in [7, 11) is 0. The molecule has 0 spiro atoms. The summed E-state index contributed by atoms with van der Waals surface area (Å²) in [5, 5.41) is 1.22. The van der Waals surface area contributed by atoms with E-state index in [0.29, 0.717) is 0 Å². The zero-order valence-electron chi connectivity index (χ0n) is 43.8. The minimum Gasteiger partial charge on any atom is -0.440 e. The highest BCUT2D eigenvalue weighted by Crippen LogP contribution is 2.54. The summed E-state index contributed by atoms with van der Waals surface area (Å²) in [6, 6.07) is 62.2. The van der Waals surface area contributed by atoms with Crippen LogP contribution in [-0.2, 0) is 21.7 Å². The number of aryl methyl sites for hydroxylation is 2. The van der Waals surface area contributed by atoms with Gasteiger partial charge in [0, 0.05) is 33.6 Å². The molecule has 2 aliphatic carbocycles. The molecule has 0 N–H and O–H groups in total. The van der Waals surface area contributed by atoms with Gasteiger partial charge in [-0.15, -0.1) is 0 Å². The molecule has 3 nitrogen and oxygen atoms in total. The lowest BCUT2D eigenvalue weighted by molar-refractivity contribution is 0.332. The van der Waals surface area contributed by atoms with Gasteiger partial charge in [-0.2, -0.15) is 0 Å². The van der Waals surface area contributed by atoms with E-state index in [2.05, 4.69) is 243 Å². The van der Waals surface area contributed by atoms with E-state index in [0.717, 1.165) is 36.4 Å². The Morgan fingerprint density at radius 2 is 0.889 bits per heavy atom. The molecular formula is C68H65BN2O. The number of fused-ring (bicyclic) bond motifs is 8. The molecule has 9 aromatic rings. The first-order chi connectivity index (χ1) is 34.5. The first kappa shape index (κ1) is 44.9. The van der Waals surface area contributed by atoms with Crippen molar-refractivity contribution in [3.63, 3.8) is 0 Å². The average Bonchev–Trinajstić information content (AvgIpc) is 3.75. The maximum Gasteiger partial charge on any atom is 0.257 e. The molecular weight excluding hydrogens is 872 g/mol. The minimum absolute atomic E-state index is 0.0248. The lowest BCUT2D eigenvalue weighted by Gasteiger charge is -2.45. The topological polar surface area (TPSA) is 19.6 Å². The number of hydrogen-bond acceptors (Lipinski definition) is 3. The summed E-state index contributed by atoms with van der Waals surface area (Å²) >= 11 is 0. The van der Waals surface area contributed by atoms with Crippen LogP contribution in [0.1, 0.15) is 114 Å². The van der Waals surface area contributed by atoms with E-state index >= 15 is 0 Å². The van der Waals surface area contributed by atoms with Crippen LogP contribution >= 0.6 is 0 Å². The first-order valence-electron chi connectivity index (χ1n) is 26.4. The van der Waals surface area contributed by atoms with Crippen LogP contribution in [0.2, 0.25) is 0 Å². The average molecular weight is 937 g/mol. The number of nitrogens with zero attached hydrogens (tertiary/aromatic N) is 2. The van der Waals surface area contributed by atoms with Gasteiger partial charge in [-0.25, -0.2) is 0 Å². The van der Waals surface area contributed by atoms with Gasteiger partial charge in [-0.05, 0) is 193 Å². The number of furan rings is 1. The molecule has 8 aromatic carbocycles. The van der Waals surface area contributed by atoms with Crippen molar-refractivity contribution in [1.82, 2.24) is 0 Å². The summed E-state index contributed by atoms with van der Waals surface area (Å²) in [5.74, 6) is 0.942. The molecule has 3 heterocycles. The summed E-state index contributed by atoms with van der Waals surface area (Å²) in [5.41, 5.74) is 26.4. The molecule has 72 heavy (non-hydrogen) atoms. The molecule has 356 valence electrons. The molecule has 0 saturated carbocycles. The maximum atomic E-state index is 7.63. The second-order valence-electron chi connectivity index (χ2n) is 24.4. The predicted molar refractivity (Wildman–Crippen MR) is 307 cm³/mol. The molecule has 13 rings (SSSR count). The van der Waals surface area contributed by atoms with Crippen LogP contribution in [0.3, 0.4) is 0 Å². The Bertz CT molecular complexity index is 3610. The molecule has 0 saturated heterocycles. The maximum absolute atomic E-state index is 7.63. The van der Waals surface area contributed by atoms with Gasteiger partial charge in [0.15, 0.2) is 0 Å². The lowest BCUT2D eigenvalue weighted by atomic mass is 9.33. The van der Waals surface area contributed by atoms with Crippen molar-refractivity contribution in [2.45, 2.75) is 117 Å². The molecule has 0 atom stereocenters. The normalized spacial score (nSPS) is 17.4. The van der Waals surface area contributed by atoms with E-state index in [-0.39, 0.29) is 28.4 Å². The van der Waals surface area contributed by atoms with Crippen molar-refractivity contribution in [3.8, 4) is 33.4 Å². The predicted octanol–water partition coefficient (Wildman–Crippen LogP) is 16.8. The van der Waals surface area contributed by atoms with Gasteiger partial charge in [0.05, 0.1) is 5.69 Å². The third kappa shape index (κ3) is 6.84. The van der Waals surface area contributed by atoms with Gasteiger partial charge in [0.25, 0.3) is 6.71 Å². The fraction of sp³-hybridized carbons (Fsp3) is 0.265. The molecule has 0 radical (unpaired) electrons. The summed E-state index contributed by atoms with van der Waals surface area (Å²) in [6.45, 7) is 24.1. The van der Waals surface area contributed by atoms with Gasteiger partial charge in [0.1, 0.15) is 5.58 Å². The summed E-state index contributed by atoms with van der Waals surface area (Å²) < 4.78 is 7.63. The van der Waals surface area contributed by atoms with Gasteiger partial charge >= 0.3 is 0 Å². The van der Waals surface area contributed by atoms with Gasteiger partial charge < -0.3 is 9.32 Å². The number of rotatable bonds is 5. The van der Waals surface area contributed by atoms with Crippen molar-refractivity contribution in [2.24, 2.45) is 0 Å². The standard InChI is InChI=1S/C68H65BN2O/c1-42-32-59-63-60(33-42)71(57-40-54-52(34-43(57)2)65(3,4)28-30-67(54,7)8)64-62(51-39-53-55(41-61(51)72-64)68(9,10)31-29-66(53,5)6)69(63)56-27-26-47(44-20-14-11-15-21-44)38-58(56)70(59)50-36-48(45-22-16-12-17-23-45)35-49(37-50)46-24-18-13-19-25-46/h11-27,32-41H,28-31H2,1-10H3. The van der Waals surface area contributed by atoms with Crippen molar-refractivity contribution in [1.29, 1.82) is 0 Å². The highest BCUT2D eigenvalue weighted by molar-refractivity contribution is 7.01. The third-order valence-corrected chi connectivity index (χ3v) is 17.7. The van der Waals surface area contributed by atoms with E-state index in [1.807, 2.05) is 0 Å². The highest BCUT2D eigenvalue weighted by atomic mass is 16.4. The van der Waals surface area contributed by atoms with Crippen LogP contribution in [0.15, 0.2) is 168 Å². The third-order valence-electron chi connectivity index (χ3n) is 17.7. The summed E-state index contributed by atoms with van der Waals surface area (Å²) in [4.78, 5) is 5.16. The lowest BCUT2D eigenvalue weighted by Crippen LogP contribution is -2.61. The van der Waals surface area contributed by atoms with Crippen LogP contribution in [0.25, 0.3) is 44.3 Å². The van der Waals surface area contributed by atoms with Crippen LogP contribution in [-0.4, -0.2) is 6.71 Å². The Morgan fingerprint density at radius 1 is 0.403 bits per heavy atom. The van der Waals surface area contributed by atoms with Gasteiger partial charge in [0.2, 0.25) is 5.88 Å². The Hall–Kier alpha value is -7.04. The SMILES string of the molecule is Cc1cc2c3c(c1)N(c1cc4c(cc1C)C(C)(C)CCC4(C)C)c1oc4cc5c(cc4c1B3c1ccc(-c3ccccc3)cc1N2c1cc(-c2ccccc2)cc(-c2ccccc2)c1)C(C)(C)CCC5(C)C. The Kier molecular flexibility index (Phi) is 9.80. The quantitative estimate of drug-likeness (QED) is 0.160. The van der Waals surface area contributed by atoms with E-state index in [1.54, 1.807) is 0 Å². The Balaban J connectivity index is 1.16. The fourth-order valence-electron chi connectivity index (χ4n) is 13.3. The molecule has 0 fully saturated rings. The number of benzene rings is 8. The molecule has 0 bridgehead atoms. The monoisotopic (exact) mass is 937 g/mol. The smallest absolute Gasteiger partial charge is 0.257 e. The molecule has 4 aliphatic rings. The number of hydrogen-bond donors (Lipinski definition) is 0. The van der Waals surface area contributed by atoms with E-state index in [4.69, 9.17) is 4.42 Å². The zero-order valence-corrected chi connectivity index (χ0v) is 43.8. The number of anilines is 6. The van der Waals surface area contributed by atoms with Crippen molar-refractivity contribution in [3.05, 3.63) is 197 Å². The summed E-state index contributed by atoms with van der Waals surface area (Å²) in [6.07, 6.45) is 4.61. The van der Waals surface area contributed by atoms with Crippen LogP contribution < -0.4 is 26.2 Å². The van der Waals surface area contributed by atoms with E-state index in [9.17, 15) is 0 Å². The molecule has 0 unspecified atom stereocenters. The zero-order chi connectivity index (χ0) is 49.6. The van der Waals surface area contributed by atoms with Crippen LogP contribution in [0.5, 0.6) is 0 Å². The molecule has 4 heteroatoms. The highest BCUT2D eigenvalue weighted by Gasteiger charge is 2.49. The Morgan fingerprint density at radius 3 is 1.44 bits per heavy atom. The molecule has 1 aromatic heterocycles. The van der Waals surface area contributed by atoms with Crippen molar-refractivity contribution in [2.75, 3.05) is 9.80 Å². The first-order valence-corrected chi connectivity index (χ1v) is 26.4. The van der Waals surface area contributed by atoms with Crippen LogP contribution in [0, 0.1) is 13.8 Å². The Labute approximate surface area is 427 Å². The second kappa shape index (κ2) is 15.7. The minimum atomic E-state index is -0.101. The van der Waals surface area contributed by atoms with Crippen LogP contribution in [0.4, 0.5) is 34.3 Å². The molecule has 2 aliphatic heterocycles. The van der Waals surface area contributed by atoms with Crippen molar-refractivity contribution < 1.29 is 4.42 Å². The van der Waals surface area contributed by atoms with E-state index in [1.165, 1.54) is 118 Å². The largest absolute Gasteiger partial charge is 0.440 e. The fourth-order valence-corrected chi connectivity index (χ4v) is 13.3. The van der Waals surface area contributed by atoms with Gasteiger partial charge in [-0.1, -0.05) is 165 Å². The van der Waals surface area contributed by atoms with Gasteiger partial charge in [-0.3, -0.25) is 4.90 Å². The molecule has 0 amide bonds. The van der Waals surface area contributed by atoms with E-state index < -0.39 is 0 Å². The second-order valence-corrected chi connectivity index (χ2v) is 24.4. The van der Waals surface area contributed by atoms with Crippen molar-refractivity contribution >= 4 is 68.4 Å².